The van der Waals surface area contributed by atoms with Gasteiger partial charge in [0.15, 0.2) is 5.82 Å². The first kappa shape index (κ1) is 16.4. The van der Waals surface area contributed by atoms with Gasteiger partial charge in [-0.2, -0.15) is 4.98 Å². The van der Waals surface area contributed by atoms with Crippen LogP contribution in [-0.2, 0) is 11.2 Å². The number of aryl methyl sites for hydroxylation is 3. The Kier molecular flexibility index (Phi) is 4.46. The van der Waals surface area contributed by atoms with E-state index < -0.39 is 0 Å². The summed E-state index contributed by atoms with van der Waals surface area (Å²) in [7, 11) is 0. The number of nitrogens with zero attached hydrogens (tertiary/aromatic N) is 4. The zero-order valence-corrected chi connectivity index (χ0v) is 14.1. The maximum absolute atomic E-state index is 12.6. The minimum Gasteiger partial charge on any atom is -0.342 e. The van der Waals surface area contributed by atoms with Crippen molar-refractivity contribution in [3.8, 4) is 0 Å². The number of H-pyrrole nitrogens is 1. The second kappa shape index (κ2) is 6.54. The van der Waals surface area contributed by atoms with Gasteiger partial charge in [-0.3, -0.25) is 9.59 Å². The highest BCUT2D eigenvalue weighted by Gasteiger charge is 2.28. The average Bonchev–Trinajstić information content (AvgIpc) is 2.97. The highest BCUT2D eigenvalue weighted by atomic mass is 16.5. The lowest BCUT2D eigenvalue weighted by molar-refractivity contribution is -0.131. The van der Waals surface area contributed by atoms with Gasteiger partial charge in [-0.05, 0) is 33.6 Å². The second-order valence-corrected chi connectivity index (χ2v) is 6.25. The minimum absolute atomic E-state index is 0.0550. The van der Waals surface area contributed by atoms with E-state index in [1.807, 2.05) is 0 Å². The van der Waals surface area contributed by atoms with E-state index in [9.17, 15) is 9.59 Å². The second-order valence-electron chi connectivity index (χ2n) is 6.25. The van der Waals surface area contributed by atoms with Crippen molar-refractivity contribution in [2.24, 2.45) is 0 Å². The monoisotopic (exact) mass is 331 g/mol. The number of carbonyl (C=O) groups is 1. The Morgan fingerprint density at radius 3 is 2.79 bits per heavy atom. The van der Waals surface area contributed by atoms with E-state index in [0.717, 1.165) is 12.8 Å². The molecule has 1 saturated heterocycles. The molecule has 0 aliphatic carbocycles. The number of rotatable bonds is 3. The Balaban J connectivity index is 1.72. The fourth-order valence-electron chi connectivity index (χ4n) is 3.11. The largest absolute Gasteiger partial charge is 0.342 e. The molecule has 1 fully saturated rings. The molecule has 24 heavy (non-hydrogen) atoms. The number of nitrogens with one attached hydrogen (secondary N) is 1. The molecule has 2 aromatic heterocycles. The first-order valence-electron chi connectivity index (χ1n) is 8.08. The smallest absolute Gasteiger partial charge is 0.254 e. The van der Waals surface area contributed by atoms with Crippen molar-refractivity contribution >= 4 is 5.91 Å². The summed E-state index contributed by atoms with van der Waals surface area (Å²) in [5, 5.41) is 3.82. The summed E-state index contributed by atoms with van der Waals surface area (Å²) in [5.74, 6) is 1.71. The van der Waals surface area contributed by atoms with Gasteiger partial charge in [0.05, 0.1) is 12.3 Å². The molecule has 8 heteroatoms. The van der Waals surface area contributed by atoms with Crippen LogP contribution in [-0.4, -0.2) is 44.0 Å². The molecule has 1 amide bonds. The Hall–Kier alpha value is -2.51. The molecule has 1 atom stereocenters. The third kappa shape index (κ3) is 3.37. The van der Waals surface area contributed by atoms with Crippen LogP contribution < -0.4 is 5.56 Å². The first-order chi connectivity index (χ1) is 11.4. The topological polar surface area (TPSA) is 105 Å². The van der Waals surface area contributed by atoms with Gasteiger partial charge in [-0.1, -0.05) is 5.16 Å². The molecule has 0 spiro atoms. The molecular weight excluding hydrogens is 310 g/mol. The summed E-state index contributed by atoms with van der Waals surface area (Å²) in [6.07, 6.45) is 1.85. The van der Waals surface area contributed by atoms with Gasteiger partial charge in [-0.15, -0.1) is 0 Å². The number of amides is 1. The molecule has 0 bridgehead atoms. The van der Waals surface area contributed by atoms with E-state index in [-0.39, 0.29) is 23.8 Å². The van der Waals surface area contributed by atoms with Gasteiger partial charge in [-0.25, -0.2) is 4.98 Å². The molecule has 1 unspecified atom stereocenters. The molecule has 128 valence electrons. The highest BCUT2D eigenvalue weighted by Crippen LogP contribution is 2.26. The fraction of sp³-hybridized carbons (Fsp3) is 0.562. The van der Waals surface area contributed by atoms with Crippen molar-refractivity contribution in [3.63, 3.8) is 0 Å². The van der Waals surface area contributed by atoms with Gasteiger partial charge in [0, 0.05) is 24.3 Å². The molecule has 2 aromatic rings. The molecule has 1 N–H and O–H groups in total. The predicted octanol–water partition coefficient (Wildman–Crippen LogP) is 1.03. The summed E-state index contributed by atoms with van der Waals surface area (Å²) in [6, 6.07) is 0. The van der Waals surface area contributed by atoms with Crippen LogP contribution in [0.5, 0.6) is 0 Å². The van der Waals surface area contributed by atoms with Gasteiger partial charge in [0.2, 0.25) is 11.8 Å². The maximum atomic E-state index is 12.6. The first-order valence-corrected chi connectivity index (χ1v) is 8.08. The van der Waals surface area contributed by atoms with Crippen LogP contribution in [0.15, 0.2) is 9.32 Å². The number of piperidine rings is 1. The third-order valence-electron chi connectivity index (χ3n) is 4.34. The lowest BCUT2D eigenvalue weighted by Gasteiger charge is -2.31. The Morgan fingerprint density at radius 1 is 1.33 bits per heavy atom. The van der Waals surface area contributed by atoms with Crippen LogP contribution in [0.3, 0.4) is 0 Å². The third-order valence-corrected chi connectivity index (χ3v) is 4.34. The summed E-state index contributed by atoms with van der Waals surface area (Å²) in [5.41, 5.74) is 0.793. The van der Waals surface area contributed by atoms with Crippen LogP contribution in [0.2, 0.25) is 0 Å². The van der Waals surface area contributed by atoms with Crippen molar-refractivity contribution in [2.45, 2.75) is 46.0 Å². The van der Waals surface area contributed by atoms with E-state index in [4.69, 9.17) is 4.52 Å². The van der Waals surface area contributed by atoms with Crippen molar-refractivity contribution in [1.29, 1.82) is 0 Å². The predicted molar refractivity (Wildman–Crippen MR) is 85.6 cm³/mol. The standard InChI is InChI=1S/C16H21N5O3/c1-9-13(15(23)18-10(2)17-9)7-14(22)21-6-4-5-12(8-21)16-19-11(3)20-24-16/h12H,4-8H2,1-3H3,(H,17,18,23). The molecular formula is C16H21N5O3. The van der Waals surface area contributed by atoms with Crippen LogP contribution in [0.1, 0.15) is 47.6 Å². The fourth-order valence-corrected chi connectivity index (χ4v) is 3.11. The van der Waals surface area contributed by atoms with Crippen LogP contribution in [0.4, 0.5) is 0 Å². The highest BCUT2D eigenvalue weighted by molar-refractivity contribution is 5.79. The zero-order valence-electron chi connectivity index (χ0n) is 14.1. The van der Waals surface area contributed by atoms with E-state index in [2.05, 4.69) is 20.1 Å². The number of likely N-dealkylation sites (tertiary alicyclic amines) is 1. The lowest BCUT2D eigenvalue weighted by Crippen LogP contribution is -2.41. The van der Waals surface area contributed by atoms with Crippen LogP contribution >= 0.6 is 0 Å². The normalized spacial score (nSPS) is 18.0. The van der Waals surface area contributed by atoms with E-state index in [1.165, 1.54) is 0 Å². The minimum atomic E-state index is -0.241. The molecule has 0 saturated carbocycles. The van der Waals surface area contributed by atoms with Crippen molar-refractivity contribution < 1.29 is 9.32 Å². The Labute approximate surface area is 139 Å². The van der Waals surface area contributed by atoms with Crippen molar-refractivity contribution in [2.75, 3.05) is 13.1 Å². The van der Waals surface area contributed by atoms with Gasteiger partial charge in [0.1, 0.15) is 5.82 Å². The molecule has 8 nitrogen and oxygen atoms in total. The van der Waals surface area contributed by atoms with E-state index >= 15 is 0 Å². The lowest BCUT2D eigenvalue weighted by atomic mass is 9.97. The van der Waals surface area contributed by atoms with Crippen LogP contribution in [0, 0.1) is 20.8 Å². The Bertz CT molecular complexity index is 810. The summed E-state index contributed by atoms with van der Waals surface area (Å²) in [6.45, 7) is 6.47. The summed E-state index contributed by atoms with van der Waals surface area (Å²) >= 11 is 0. The zero-order chi connectivity index (χ0) is 17.3. The van der Waals surface area contributed by atoms with Crippen molar-refractivity contribution in [1.82, 2.24) is 25.0 Å². The quantitative estimate of drug-likeness (QED) is 0.900. The van der Waals surface area contributed by atoms with Gasteiger partial charge in [0.25, 0.3) is 5.56 Å². The van der Waals surface area contributed by atoms with Crippen molar-refractivity contribution in [3.05, 3.63) is 39.2 Å². The summed E-state index contributed by atoms with van der Waals surface area (Å²) < 4.78 is 5.24. The SMILES string of the molecule is Cc1noc(C2CCCN(C(=O)Cc3c(C)nc(C)[nH]c3=O)C2)n1. The summed E-state index contributed by atoms with van der Waals surface area (Å²) in [4.78, 5) is 37.6. The molecule has 3 heterocycles. The Morgan fingerprint density at radius 2 is 2.12 bits per heavy atom. The molecule has 1 aliphatic heterocycles. The number of aromatic amines is 1. The number of hydrogen-bond donors (Lipinski definition) is 1. The van der Waals surface area contributed by atoms with Gasteiger partial charge < -0.3 is 14.4 Å². The molecule has 1 aliphatic rings. The molecule has 0 aromatic carbocycles. The van der Waals surface area contributed by atoms with E-state index in [1.54, 1.807) is 25.7 Å². The number of carbonyl (C=O) groups excluding carboxylic acids is 1. The number of aromatic nitrogens is 4. The van der Waals surface area contributed by atoms with Gasteiger partial charge >= 0.3 is 0 Å². The van der Waals surface area contributed by atoms with E-state index in [0.29, 0.717) is 41.9 Å². The number of hydrogen-bond acceptors (Lipinski definition) is 6. The molecule has 3 rings (SSSR count). The molecule has 0 radical (unpaired) electrons. The van der Waals surface area contributed by atoms with Crippen LogP contribution in [0.25, 0.3) is 0 Å². The maximum Gasteiger partial charge on any atom is 0.254 e. The average molecular weight is 331 g/mol.